The van der Waals surface area contributed by atoms with Crippen molar-refractivity contribution in [1.29, 1.82) is 0 Å². The molecule has 96 valence electrons. The first-order valence-corrected chi connectivity index (χ1v) is 5.70. The Labute approximate surface area is 105 Å². The lowest BCUT2D eigenvalue weighted by Gasteiger charge is -2.17. The molecule has 2 amide bonds. The van der Waals surface area contributed by atoms with Crippen molar-refractivity contribution in [3.63, 3.8) is 0 Å². The average molecular weight is 248 g/mol. The fourth-order valence-corrected chi connectivity index (χ4v) is 2.00. The van der Waals surface area contributed by atoms with Crippen LogP contribution in [0.5, 0.6) is 0 Å². The van der Waals surface area contributed by atoms with E-state index in [9.17, 15) is 9.59 Å². The van der Waals surface area contributed by atoms with Crippen LogP contribution in [0.15, 0.2) is 18.3 Å². The highest BCUT2D eigenvalue weighted by Crippen LogP contribution is 2.32. The Hall–Kier alpha value is -1.95. The molecule has 0 aliphatic carbocycles. The molecule has 0 atom stereocenters. The maximum absolute atomic E-state index is 12.0. The highest BCUT2D eigenvalue weighted by Gasteiger charge is 2.44. The molecule has 1 aromatic rings. The Bertz CT molecular complexity index is 499. The molecule has 1 aliphatic heterocycles. The van der Waals surface area contributed by atoms with Crippen molar-refractivity contribution in [3.8, 4) is 0 Å². The van der Waals surface area contributed by atoms with Gasteiger partial charge in [-0.15, -0.1) is 0 Å². The number of hydrogen-bond acceptors (Lipinski definition) is 5. The van der Waals surface area contributed by atoms with Crippen LogP contribution >= 0.6 is 0 Å². The van der Waals surface area contributed by atoms with Crippen molar-refractivity contribution in [2.75, 3.05) is 5.43 Å². The molecule has 3 N–H and O–H groups in total. The van der Waals surface area contributed by atoms with Gasteiger partial charge in [0.05, 0.1) is 23.3 Å². The molecule has 1 aromatic heterocycles. The molecule has 0 aromatic carbocycles. The second-order valence-corrected chi connectivity index (χ2v) is 5.03. The fourth-order valence-electron chi connectivity index (χ4n) is 2.00. The quantitative estimate of drug-likeness (QED) is 0.466. The van der Waals surface area contributed by atoms with Gasteiger partial charge in [-0.2, -0.15) is 0 Å². The van der Waals surface area contributed by atoms with Crippen LogP contribution in [0.1, 0.15) is 26.0 Å². The zero-order valence-electron chi connectivity index (χ0n) is 10.4. The largest absolute Gasteiger partial charge is 0.324 e. The third kappa shape index (κ3) is 2.19. The van der Waals surface area contributed by atoms with Crippen LogP contribution in [0.2, 0.25) is 0 Å². The maximum Gasteiger partial charge on any atom is 0.235 e. The van der Waals surface area contributed by atoms with Gasteiger partial charge in [0.25, 0.3) is 0 Å². The van der Waals surface area contributed by atoms with Gasteiger partial charge in [-0.25, -0.2) is 0 Å². The lowest BCUT2D eigenvalue weighted by molar-refractivity contribution is -0.141. The standard InChI is InChI=1S/C12H16N4O2/c1-12(2)6-10(17)16(11(12)18)7-9-5-8(15-13)3-4-14-9/h3-5H,6-7,13H2,1-2H3,(H,14,15). The van der Waals surface area contributed by atoms with Crippen molar-refractivity contribution < 1.29 is 9.59 Å². The van der Waals surface area contributed by atoms with Crippen molar-refractivity contribution in [2.24, 2.45) is 11.3 Å². The molecule has 2 heterocycles. The van der Waals surface area contributed by atoms with E-state index < -0.39 is 5.41 Å². The molecule has 2 rings (SSSR count). The third-order valence-electron chi connectivity index (χ3n) is 3.02. The normalized spacial score (nSPS) is 18.3. The Morgan fingerprint density at radius 1 is 1.50 bits per heavy atom. The number of aromatic nitrogens is 1. The summed E-state index contributed by atoms with van der Waals surface area (Å²) in [5.74, 6) is 4.99. The number of carbonyl (C=O) groups excluding carboxylic acids is 2. The first-order chi connectivity index (χ1) is 8.44. The Morgan fingerprint density at radius 3 is 2.78 bits per heavy atom. The van der Waals surface area contributed by atoms with Crippen LogP contribution in [0.4, 0.5) is 5.69 Å². The molecule has 0 spiro atoms. The van der Waals surface area contributed by atoms with E-state index in [0.717, 1.165) is 0 Å². The van der Waals surface area contributed by atoms with Gasteiger partial charge >= 0.3 is 0 Å². The summed E-state index contributed by atoms with van der Waals surface area (Å²) < 4.78 is 0. The van der Waals surface area contributed by atoms with Crippen LogP contribution in [0, 0.1) is 5.41 Å². The molecule has 0 radical (unpaired) electrons. The zero-order chi connectivity index (χ0) is 13.3. The smallest absolute Gasteiger partial charge is 0.235 e. The van der Waals surface area contributed by atoms with E-state index in [2.05, 4.69) is 10.4 Å². The number of imide groups is 1. The van der Waals surface area contributed by atoms with Gasteiger partial charge in [-0.3, -0.25) is 25.3 Å². The third-order valence-corrected chi connectivity index (χ3v) is 3.02. The monoisotopic (exact) mass is 248 g/mol. The predicted octanol–water partition coefficient (Wildman–Crippen LogP) is 0.652. The number of likely N-dealkylation sites (tertiary alicyclic amines) is 1. The summed E-state index contributed by atoms with van der Waals surface area (Å²) in [7, 11) is 0. The molecular formula is C12H16N4O2. The number of pyridine rings is 1. The van der Waals surface area contributed by atoms with E-state index in [4.69, 9.17) is 5.84 Å². The number of amides is 2. The summed E-state index contributed by atoms with van der Waals surface area (Å²) in [6.45, 7) is 3.74. The van der Waals surface area contributed by atoms with Gasteiger partial charge in [0.15, 0.2) is 0 Å². The van der Waals surface area contributed by atoms with Crippen LogP contribution in [0.25, 0.3) is 0 Å². The summed E-state index contributed by atoms with van der Waals surface area (Å²) in [5.41, 5.74) is 3.21. The number of nitrogens with one attached hydrogen (secondary N) is 1. The fraction of sp³-hybridized carbons (Fsp3) is 0.417. The minimum atomic E-state index is -0.610. The summed E-state index contributed by atoms with van der Waals surface area (Å²) in [6.07, 6.45) is 1.83. The Balaban J connectivity index is 2.19. The predicted molar refractivity (Wildman–Crippen MR) is 66.0 cm³/mol. The SMILES string of the molecule is CC1(C)CC(=O)N(Cc2cc(NN)ccn2)C1=O. The van der Waals surface area contributed by atoms with Crippen molar-refractivity contribution in [3.05, 3.63) is 24.0 Å². The molecule has 6 heteroatoms. The first-order valence-electron chi connectivity index (χ1n) is 5.70. The summed E-state index contributed by atoms with van der Waals surface area (Å²) >= 11 is 0. The number of nitrogens with two attached hydrogens (primary N) is 1. The second kappa shape index (κ2) is 4.38. The average Bonchev–Trinajstić information content (AvgIpc) is 2.52. The van der Waals surface area contributed by atoms with Crippen LogP contribution in [0.3, 0.4) is 0 Å². The molecular weight excluding hydrogens is 232 g/mol. The molecule has 1 aliphatic rings. The van der Waals surface area contributed by atoms with Gasteiger partial charge in [-0.05, 0) is 12.1 Å². The molecule has 18 heavy (non-hydrogen) atoms. The van der Waals surface area contributed by atoms with Gasteiger partial charge in [-0.1, -0.05) is 13.8 Å². The van der Waals surface area contributed by atoms with E-state index in [1.165, 1.54) is 4.90 Å². The van der Waals surface area contributed by atoms with Gasteiger partial charge in [0.2, 0.25) is 11.8 Å². The number of nitrogens with zero attached hydrogens (tertiary/aromatic N) is 2. The molecule has 6 nitrogen and oxygen atoms in total. The molecule has 0 bridgehead atoms. The zero-order valence-corrected chi connectivity index (χ0v) is 10.4. The van der Waals surface area contributed by atoms with Gasteiger partial charge in [0.1, 0.15) is 0 Å². The topological polar surface area (TPSA) is 88.3 Å². The lowest BCUT2D eigenvalue weighted by atomic mass is 9.92. The van der Waals surface area contributed by atoms with E-state index >= 15 is 0 Å². The summed E-state index contributed by atoms with van der Waals surface area (Å²) in [5, 5.41) is 0. The minimum absolute atomic E-state index is 0.152. The number of rotatable bonds is 3. The number of anilines is 1. The first kappa shape index (κ1) is 12.5. The van der Waals surface area contributed by atoms with Crippen molar-refractivity contribution in [2.45, 2.75) is 26.8 Å². The van der Waals surface area contributed by atoms with Crippen LogP contribution in [-0.4, -0.2) is 21.7 Å². The molecule has 1 saturated heterocycles. The highest BCUT2D eigenvalue weighted by molar-refractivity contribution is 6.05. The van der Waals surface area contributed by atoms with Crippen LogP contribution < -0.4 is 11.3 Å². The highest BCUT2D eigenvalue weighted by atomic mass is 16.2. The number of hydrazine groups is 1. The molecule has 1 fully saturated rings. The lowest BCUT2D eigenvalue weighted by Crippen LogP contribution is -2.32. The van der Waals surface area contributed by atoms with E-state index in [1.54, 1.807) is 32.2 Å². The van der Waals surface area contributed by atoms with Gasteiger partial charge < -0.3 is 5.43 Å². The summed E-state index contributed by atoms with van der Waals surface area (Å²) in [6, 6.07) is 3.42. The van der Waals surface area contributed by atoms with E-state index in [1.807, 2.05) is 0 Å². The Kier molecular flexibility index (Phi) is 3.04. The van der Waals surface area contributed by atoms with E-state index in [0.29, 0.717) is 11.4 Å². The van der Waals surface area contributed by atoms with Crippen molar-refractivity contribution >= 4 is 17.5 Å². The van der Waals surface area contributed by atoms with Crippen LogP contribution in [-0.2, 0) is 16.1 Å². The Morgan fingerprint density at radius 2 is 2.22 bits per heavy atom. The van der Waals surface area contributed by atoms with Gasteiger partial charge in [0, 0.05) is 12.6 Å². The maximum atomic E-state index is 12.0. The summed E-state index contributed by atoms with van der Waals surface area (Å²) in [4.78, 5) is 29.2. The number of hydrogen-bond donors (Lipinski definition) is 2. The van der Waals surface area contributed by atoms with Crippen molar-refractivity contribution in [1.82, 2.24) is 9.88 Å². The molecule has 0 unspecified atom stereocenters. The molecule has 0 saturated carbocycles. The minimum Gasteiger partial charge on any atom is -0.324 e. The van der Waals surface area contributed by atoms with E-state index in [-0.39, 0.29) is 24.8 Å². The number of carbonyl (C=O) groups is 2. The number of nitrogen functional groups attached to an aromatic ring is 1. The second-order valence-electron chi connectivity index (χ2n) is 5.03.